The number of rotatable bonds is 0. The molecule has 5 rings (SSSR count). The van der Waals surface area contributed by atoms with E-state index in [-0.39, 0.29) is 0 Å². The fraction of sp³-hybridized carbons (Fsp3) is 0.118. The second-order valence-electron chi connectivity index (χ2n) is 5.16. The standard InChI is InChI=1S/C17H13N2S/c1-18-14-9-5-4-8-13(14)15-16(18)19-10-11-6-2-3-7-12(11)17(19)20-15/h2-9H,10H2,1H3/q+1/i1D3. The highest BCUT2D eigenvalue weighted by molar-refractivity contribution is 7.22. The van der Waals surface area contributed by atoms with Gasteiger partial charge in [-0.15, -0.1) is 0 Å². The van der Waals surface area contributed by atoms with Gasteiger partial charge < -0.3 is 0 Å². The predicted octanol–water partition coefficient (Wildman–Crippen LogP) is 3.71. The first-order valence-corrected chi connectivity index (χ1v) is 7.42. The van der Waals surface area contributed by atoms with Gasteiger partial charge >= 0.3 is 5.65 Å². The molecule has 2 nitrogen and oxygen atoms in total. The van der Waals surface area contributed by atoms with Gasteiger partial charge in [0, 0.05) is 16.5 Å². The number of para-hydroxylation sites is 1. The highest BCUT2D eigenvalue weighted by Gasteiger charge is 2.31. The molecule has 2 aromatic carbocycles. The maximum Gasteiger partial charge on any atom is 0.301 e. The second kappa shape index (κ2) is 3.49. The summed E-state index contributed by atoms with van der Waals surface area (Å²) >= 11 is 1.69. The fourth-order valence-electron chi connectivity index (χ4n) is 3.17. The van der Waals surface area contributed by atoms with Crippen molar-refractivity contribution in [3.05, 3.63) is 54.1 Å². The Morgan fingerprint density at radius 1 is 1.15 bits per heavy atom. The maximum atomic E-state index is 8.00. The number of hydrogen-bond acceptors (Lipinski definition) is 1. The Hall–Kier alpha value is -2.13. The molecule has 0 saturated heterocycles. The molecule has 0 fully saturated rings. The molecule has 3 heteroatoms. The van der Waals surface area contributed by atoms with Gasteiger partial charge in [-0.2, -0.15) is 0 Å². The van der Waals surface area contributed by atoms with Crippen molar-refractivity contribution in [3.8, 4) is 10.6 Å². The summed E-state index contributed by atoms with van der Waals surface area (Å²) in [6.07, 6.45) is 0. The summed E-state index contributed by atoms with van der Waals surface area (Å²) in [5.74, 6) is 0. The minimum atomic E-state index is -2.20. The normalized spacial score (nSPS) is 15.9. The largest absolute Gasteiger partial charge is 0.301 e. The molecular formula is C17H13N2S+. The molecule has 96 valence electrons. The van der Waals surface area contributed by atoms with Crippen LogP contribution >= 0.6 is 11.3 Å². The number of aromatic nitrogens is 2. The van der Waals surface area contributed by atoms with Crippen molar-refractivity contribution in [1.82, 2.24) is 4.57 Å². The number of hydrogen-bond donors (Lipinski definition) is 0. The van der Waals surface area contributed by atoms with Gasteiger partial charge in [-0.3, -0.25) is 0 Å². The first kappa shape index (κ1) is 8.22. The van der Waals surface area contributed by atoms with Gasteiger partial charge in [-0.1, -0.05) is 41.7 Å². The lowest BCUT2D eigenvalue weighted by atomic mass is 10.1. The zero-order valence-electron chi connectivity index (χ0n) is 13.6. The quantitative estimate of drug-likeness (QED) is 0.382. The number of aryl methyl sites for hydroxylation is 1. The number of thiazole rings is 1. The van der Waals surface area contributed by atoms with Crippen LogP contribution in [0.15, 0.2) is 48.5 Å². The Kier molecular flexibility index (Phi) is 1.44. The molecule has 0 saturated carbocycles. The molecule has 0 radical (unpaired) electrons. The van der Waals surface area contributed by atoms with Gasteiger partial charge in [0.1, 0.15) is 16.8 Å². The van der Waals surface area contributed by atoms with Crippen molar-refractivity contribution in [3.63, 3.8) is 0 Å². The number of benzene rings is 2. The molecule has 0 atom stereocenters. The van der Waals surface area contributed by atoms with E-state index in [9.17, 15) is 0 Å². The average Bonchev–Trinajstić information content (AvgIpc) is 3.13. The van der Waals surface area contributed by atoms with Crippen LogP contribution in [0.25, 0.3) is 31.8 Å². The van der Waals surface area contributed by atoms with Crippen LogP contribution < -0.4 is 4.57 Å². The minimum absolute atomic E-state index is 0.734. The molecule has 0 aliphatic carbocycles. The van der Waals surface area contributed by atoms with Gasteiger partial charge in [-0.25, -0.2) is 9.13 Å². The van der Waals surface area contributed by atoms with E-state index in [1.165, 1.54) is 15.7 Å². The third-order valence-corrected chi connectivity index (χ3v) is 5.32. The van der Waals surface area contributed by atoms with Crippen LogP contribution in [-0.4, -0.2) is 4.57 Å². The smallest absolute Gasteiger partial charge is 0.228 e. The van der Waals surface area contributed by atoms with Crippen LogP contribution in [0, 0.1) is 0 Å². The van der Waals surface area contributed by atoms with E-state index >= 15 is 0 Å². The van der Waals surface area contributed by atoms with Crippen LogP contribution in [0.2, 0.25) is 0 Å². The third kappa shape index (κ3) is 1.12. The Balaban J connectivity index is 1.97. The van der Waals surface area contributed by atoms with E-state index < -0.39 is 6.98 Å². The SMILES string of the molecule is [2H]C([2H])([2H])n1c2ccccc2c2sc3[n+](c21)Cc1ccccc1-3. The Labute approximate surface area is 124 Å². The molecule has 4 aromatic rings. The Morgan fingerprint density at radius 2 is 2.00 bits per heavy atom. The van der Waals surface area contributed by atoms with Gasteiger partial charge in [0.25, 0.3) is 0 Å². The molecule has 0 spiro atoms. The average molecular weight is 280 g/mol. The summed E-state index contributed by atoms with van der Waals surface area (Å²) in [5.41, 5.74) is 4.06. The van der Waals surface area contributed by atoms with Crippen molar-refractivity contribution >= 4 is 32.6 Å². The Bertz CT molecular complexity index is 1090. The second-order valence-corrected chi connectivity index (χ2v) is 6.15. The van der Waals surface area contributed by atoms with Crippen LogP contribution in [0.3, 0.4) is 0 Å². The van der Waals surface area contributed by atoms with Gasteiger partial charge in [-0.05, 0) is 18.2 Å². The first-order chi connectivity index (χ1) is 11.1. The van der Waals surface area contributed by atoms with Gasteiger partial charge in [0.15, 0.2) is 5.01 Å². The van der Waals surface area contributed by atoms with E-state index in [1.807, 2.05) is 36.4 Å². The maximum absolute atomic E-state index is 8.00. The molecule has 20 heavy (non-hydrogen) atoms. The molecule has 0 N–H and O–H groups in total. The van der Waals surface area contributed by atoms with Gasteiger partial charge in [0.2, 0.25) is 0 Å². The lowest BCUT2D eigenvalue weighted by Gasteiger charge is -1.93. The summed E-state index contributed by atoms with van der Waals surface area (Å²) < 4.78 is 28.7. The minimum Gasteiger partial charge on any atom is -0.228 e. The molecule has 0 unspecified atom stereocenters. The van der Waals surface area contributed by atoms with E-state index in [0.717, 1.165) is 32.8 Å². The third-order valence-electron chi connectivity index (χ3n) is 4.08. The molecule has 0 bridgehead atoms. The van der Waals surface area contributed by atoms with Crippen molar-refractivity contribution in [2.45, 2.75) is 6.54 Å². The molecule has 0 amide bonds. The van der Waals surface area contributed by atoms with Crippen molar-refractivity contribution in [1.29, 1.82) is 0 Å². The summed E-state index contributed by atoms with van der Waals surface area (Å²) in [6, 6.07) is 16.1. The van der Waals surface area contributed by atoms with E-state index in [1.54, 1.807) is 11.3 Å². The highest BCUT2D eigenvalue weighted by Crippen LogP contribution is 2.39. The summed E-state index contributed by atoms with van der Waals surface area (Å²) in [4.78, 5) is 0. The molecular weight excluding hydrogens is 264 g/mol. The molecule has 1 aliphatic rings. The van der Waals surface area contributed by atoms with E-state index in [0.29, 0.717) is 0 Å². The molecule has 2 aromatic heterocycles. The summed E-state index contributed by atoms with van der Waals surface area (Å²) in [7, 11) is 0. The fourth-order valence-corrected chi connectivity index (χ4v) is 4.51. The number of nitrogens with zero attached hydrogens (tertiary/aromatic N) is 2. The monoisotopic (exact) mass is 280 g/mol. The molecule has 3 heterocycles. The highest BCUT2D eigenvalue weighted by atomic mass is 32.1. The zero-order valence-corrected chi connectivity index (χ0v) is 11.4. The molecule has 1 aliphatic heterocycles. The van der Waals surface area contributed by atoms with Crippen LogP contribution in [0.4, 0.5) is 0 Å². The Morgan fingerprint density at radius 3 is 2.95 bits per heavy atom. The summed E-state index contributed by atoms with van der Waals surface area (Å²) in [5, 5.41) is 2.16. The van der Waals surface area contributed by atoms with Crippen LogP contribution in [0.5, 0.6) is 0 Å². The predicted molar refractivity (Wildman–Crippen MR) is 83.0 cm³/mol. The van der Waals surface area contributed by atoms with Crippen LogP contribution in [0.1, 0.15) is 9.68 Å². The topological polar surface area (TPSA) is 8.81 Å². The number of fused-ring (bicyclic) bond motifs is 7. The van der Waals surface area contributed by atoms with Crippen LogP contribution in [-0.2, 0) is 13.5 Å². The van der Waals surface area contributed by atoms with E-state index in [4.69, 9.17) is 4.11 Å². The zero-order chi connectivity index (χ0) is 15.8. The lowest BCUT2D eigenvalue weighted by molar-refractivity contribution is -0.644. The first-order valence-electron chi connectivity index (χ1n) is 8.10. The van der Waals surface area contributed by atoms with Crippen molar-refractivity contribution in [2.24, 2.45) is 6.98 Å². The summed E-state index contributed by atoms with van der Waals surface area (Å²) in [6.45, 7) is -1.46. The van der Waals surface area contributed by atoms with E-state index in [2.05, 4.69) is 16.7 Å². The van der Waals surface area contributed by atoms with Gasteiger partial charge in [0.05, 0.1) is 11.1 Å². The van der Waals surface area contributed by atoms with Crippen molar-refractivity contribution < 1.29 is 8.68 Å². The van der Waals surface area contributed by atoms with Crippen molar-refractivity contribution in [2.75, 3.05) is 0 Å². The lowest BCUT2D eigenvalue weighted by Crippen LogP contribution is -2.32.